The third-order valence-electron chi connectivity index (χ3n) is 3.41. The second kappa shape index (κ2) is 7.35. The molecular weight excluding hydrogens is 348 g/mol. The Morgan fingerprint density at radius 1 is 0.880 bits per heavy atom. The molecule has 2 N–H and O–H groups in total. The SMILES string of the molecule is COc1cc(S(=O)(=O)/C=C/c2ccc(O)c(O)c2)cc(OC)c1OC. The minimum atomic E-state index is -3.81. The van der Waals surface area contributed by atoms with Crippen molar-refractivity contribution in [2.75, 3.05) is 21.3 Å². The number of phenolic OH excluding ortho intramolecular Hbond substituents is 2. The van der Waals surface area contributed by atoms with Crippen molar-refractivity contribution in [1.82, 2.24) is 0 Å². The van der Waals surface area contributed by atoms with Crippen LogP contribution in [0.15, 0.2) is 40.6 Å². The summed E-state index contributed by atoms with van der Waals surface area (Å²) in [5.41, 5.74) is 0.409. The fourth-order valence-corrected chi connectivity index (χ4v) is 3.15. The van der Waals surface area contributed by atoms with Crippen molar-refractivity contribution in [3.63, 3.8) is 0 Å². The van der Waals surface area contributed by atoms with Crippen LogP contribution in [-0.2, 0) is 9.84 Å². The van der Waals surface area contributed by atoms with Crippen LogP contribution in [0.3, 0.4) is 0 Å². The van der Waals surface area contributed by atoms with Crippen LogP contribution in [0.25, 0.3) is 6.08 Å². The van der Waals surface area contributed by atoms with Crippen LogP contribution >= 0.6 is 0 Å². The lowest BCUT2D eigenvalue weighted by molar-refractivity contribution is 0.323. The molecule has 0 unspecified atom stereocenters. The number of sulfone groups is 1. The first kappa shape index (κ1) is 18.5. The van der Waals surface area contributed by atoms with Crippen LogP contribution in [0.2, 0.25) is 0 Å². The molecule has 134 valence electrons. The normalized spacial score (nSPS) is 11.5. The Morgan fingerprint density at radius 2 is 1.48 bits per heavy atom. The van der Waals surface area contributed by atoms with E-state index in [2.05, 4.69) is 0 Å². The van der Waals surface area contributed by atoms with Gasteiger partial charge >= 0.3 is 0 Å². The maximum absolute atomic E-state index is 12.5. The predicted octanol–water partition coefficient (Wildman–Crippen LogP) is 2.57. The summed E-state index contributed by atoms with van der Waals surface area (Å²) in [5.74, 6) is 0.0977. The molecule has 2 aromatic rings. The first-order chi connectivity index (χ1) is 11.8. The summed E-state index contributed by atoms with van der Waals surface area (Å²) in [4.78, 5) is -0.0405. The Hall–Kier alpha value is -2.87. The van der Waals surface area contributed by atoms with Crippen LogP contribution in [0.5, 0.6) is 28.7 Å². The number of phenols is 2. The van der Waals surface area contributed by atoms with Gasteiger partial charge in [-0.2, -0.15) is 0 Å². The van der Waals surface area contributed by atoms with Crippen molar-refractivity contribution in [2.45, 2.75) is 4.90 Å². The number of aromatic hydroxyl groups is 2. The number of hydrogen-bond acceptors (Lipinski definition) is 7. The standard InChI is InChI=1S/C17H18O7S/c1-22-15-9-12(10-16(23-2)17(15)24-3)25(20,21)7-6-11-4-5-13(18)14(19)8-11/h4-10,18-19H,1-3H3/b7-6+. The Bertz CT molecular complexity index is 876. The molecule has 0 radical (unpaired) electrons. The van der Waals surface area contributed by atoms with Gasteiger partial charge in [-0.3, -0.25) is 0 Å². The van der Waals surface area contributed by atoms with E-state index in [4.69, 9.17) is 14.2 Å². The van der Waals surface area contributed by atoms with Crippen molar-refractivity contribution in [1.29, 1.82) is 0 Å². The number of methoxy groups -OCH3 is 3. The minimum absolute atomic E-state index is 0.0405. The Kier molecular flexibility index (Phi) is 5.43. The van der Waals surface area contributed by atoms with E-state index in [0.29, 0.717) is 5.56 Å². The zero-order chi connectivity index (χ0) is 18.6. The highest BCUT2D eigenvalue weighted by molar-refractivity contribution is 7.94. The minimum Gasteiger partial charge on any atom is -0.504 e. The second-order valence-electron chi connectivity index (χ2n) is 4.96. The maximum atomic E-state index is 12.5. The largest absolute Gasteiger partial charge is 0.504 e. The van der Waals surface area contributed by atoms with Gasteiger partial charge in [0.25, 0.3) is 0 Å². The second-order valence-corrected chi connectivity index (χ2v) is 6.79. The van der Waals surface area contributed by atoms with Crippen molar-refractivity contribution in [2.24, 2.45) is 0 Å². The molecule has 0 saturated carbocycles. The van der Waals surface area contributed by atoms with Gasteiger partial charge in [0.05, 0.1) is 26.2 Å². The summed E-state index contributed by atoms with van der Waals surface area (Å²) in [5, 5.41) is 19.7. The molecule has 0 atom stereocenters. The lowest BCUT2D eigenvalue weighted by atomic mass is 10.2. The van der Waals surface area contributed by atoms with Crippen LogP contribution in [0.4, 0.5) is 0 Å². The first-order valence-electron chi connectivity index (χ1n) is 7.07. The third kappa shape index (κ3) is 3.97. The Morgan fingerprint density at radius 3 is 1.96 bits per heavy atom. The van der Waals surface area contributed by atoms with E-state index in [0.717, 1.165) is 5.41 Å². The van der Waals surface area contributed by atoms with Gasteiger partial charge in [0.15, 0.2) is 32.8 Å². The predicted molar refractivity (Wildman–Crippen MR) is 92.1 cm³/mol. The van der Waals surface area contributed by atoms with E-state index in [1.165, 1.54) is 57.7 Å². The molecule has 0 spiro atoms. The summed E-state index contributed by atoms with van der Waals surface area (Å²) in [7, 11) is 0.394. The van der Waals surface area contributed by atoms with Gasteiger partial charge < -0.3 is 24.4 Å². The zero-order valence-corrected chi connectivity index (χ0v) is 14.7. The van der Waals surface area contributed by atoms with Crippen molar-refractivity contribution in [3.8, 4) is 28.7 Å². The van der Waals surface area contributed by atoms with Gasteiger partial charge in [0.2, 0.25) is 5.75 Å². The molecule has 0 heterocycles. The van der Waals surface area contributed by atoms with Crippen LogP contribution in [0, 0.1) is 0 Å². The highest BCUT2D eigenvalue weighted by atomic mass is 32.2. The van der Waals surface area contributed by atoms with Gasteiger partial charge in [0.1, 0.15) is 0 Å². The molecule has 0 aliphatic rings. The molecule has 2 aromatic carbocycles. The average molecular weight is 366 g/mol. The van der Waals surface area contributed by atoms with Crippen LogP contribution in [-0.4, -0.2) is 40.0 Å². The van der Waals surface area contributed by atoms with Crippen molar-refractivity contribution in [3.05, 3.63) is 41.3 Å². The highest BCUT2D eigenvalue weighted by Crippen LogP contribution is 2.39. The van der Waals surface area contributed by atoms with Crippen molar-refractivity contribution < 1.29 is 32.8 Å². The van der Waals surface area contributed by atoms with E-state index in [9.17, 15) is 18.6 Å². The molecule has 0 aliphatic heterocycles. The van der Waals surface area contributed by atoms with Crippen molar-refractivity contribution >= 4 is 15.9 Å². The lowest BCUT2D eigenvalue weighted by Crippen LogP contribution is -2.01. The molecule has 0 aromatic heterocycles. The van der Waals surface area contributed by atoms with Crippen LogP contribution in [0.1, 0.15) is 5.56 Å². The molecule has 2 rings (SSSR count). The first-order valence-corrected chi connectivity index (χ1v) is 8.62. The summed E-state index contributed by atoms with van der Waals surface area (Å²) in [6.45, 7) is 0. The molecular formula is C17H18O7S. The Balaban J connectivity index is 2.45. The van der Waals surface area contributed by atoms with Gasteiger partial charge in [0, 0.05) is 17.5 Å². The quantitative estimate of drug-likeness (QED) is 0.758. The number of benzene rings is 2. The van der Waals surface area contributed by atoms with Gasteiger partial charge in [-0.15, -0.1) is 0 Å². The number of hydrogen-bond donors (Lipinski definition) is 2. The highest BCUT2D eigenvalue weighted by Gasteiger charge is 2.19. The summed E-state index contributed by atoms with van der Waals surface area (Å²) in [6, 6.07) is 6.64. The molecule has 7 nitrogen and oxygen atoms in total. The molecule has 0 fully saturated rings. The molecule has 25 heavy (non-hydrogen) atoms. The van der Waals surface area contributed by atoms with E-state index < -0.39 is 9.84 Å². The molecule has 0 aliphatic carbocycles. The zero-order valence-electron chi connectivity index (χ0n) is 13.9. The molecule has 8 heteroatoms. The molecule has 0 amide bonds. The third-order valence-corrected chi connectivity index (χ3v) is 4.79. The Labute approximate surface area is 145 Å². The molecule has 0 saturated heterocycles. The monoisotopic (exact) mass is 366 g/mol. The number of ether oxygens (including phenoxy) is 3. The summed E-state index contributed by atoms with van der Waals surface area (Å²) < 4.78 is 40.6. The van der Waals surface area contributed by atoms with E-state index in [1.807, 2.05) is 0 Å². The van der Waals surface area contributed by atoms with Gasteiger partial charge in [-0.05, 0) is 23.8 Å². The van der Waals surface area contributed by atoms with E-state index in [1.54, 1.807) is 0 Å². The molecule has 0 bridgehead atoms. The number of rotatable bonds is 6. The smallest absolute Gasteiger partial charge is 0.203 e. The summed E-state index contributed by atoms with van der Waals surface area (Å²) >= 11 is 0. The van der Waals surface area contributed by atoms with E-state index >= 15 is 0 Å². The topological polar surface area (TPSA) is 102 Å². The van der Waals surface area contributed by atoms with E-state index in [-0.39, 0.29) is 33.6 Å². The summed E-state index contributed by atoms with van der Waals surface area (Å²) in [6.07, 6.45) is 1.30. The average Bonchev–Trinajstić information content (AvgIpc) is 2.61. The lowest BCUT2D eigenvalue weighted by Gasteiger charge is -2.13. The van der Waals surface area contributed by atoms with Gasteiger partial charge in [-0.1, -0.05) is 6.07 Å². The fourth-order valence-electron chi connectivity index (χ4n) is 2.11. The van der Waals surface area contributed by atoms with Gasteiger partial charge in [-0.25, -0.2) is 8.42 Å². The van der Waals surface area contributed by atoms with Crippen LogP contribution < -0.4 is 14.2 Å². The maximum Gasteiger partial charge on any atom is 0.203 e. The fraction of sp³-hybridized carbons (Fsp3) is 0.176.